The Bertz CT molecular complexity index is 474. The van der Waals surface area contributed by atoms with E-state index in [0.29, 0.717) is 11.3 Å². The van der Waals surface area contributed by atoms with Crippen LogP contribution in [0.15, 0.2) is 60.7 Å². The van der Waals surface area contributed by atoms with Crippen molar-refractivity contribution in [3.8, 4) is 5.75 Å². The van der Waals surface area contributed by atoms with Gasteiger partial charge in [0.2, 0.25) is 5.79 Å². The summed E-state index contributed by atoms with van der Waals surface area (Å²) >= 11 is 0. The Morgan fingerprint density at radius 2 is 1.39 bits per heavy atom. The third-order valence-corrected chi connectivity index (χ3v) is 2.60. The van der Waals surface area contributed by atoms with Gasteiger partial charge in [-0.2, -0.15) is 0 Å². The molecular weight excluding hydrogens is 228 g/mol. The standard InChI is InChI=1S/C15H16O3/c1-15(16,17)14(12-8-4-2-5-9-12)18-13-10-6-3-7-11-13/h2-11,14,16-17H,1H3. The van der Waals surface area contributed by atoms with E-state index in [0.717, 1.165) is 0 Å². The molecule has 3 heteroatoms. The SMILES string of the molecule is CC(O)(O)C(Oc1ccccc1)c1ccccc1. The van der Waals surface area contributed by atoms with Gasteiger partial charge in [0.05, 0.1) is 0 Å². The quantitative estimate of drug-likeness (QED) is 0.812. The third-order valence-electron chi connectivity index (χ3n) is 2.60. The fraction of sp³-hybridized carbons (Fsp3) is 0.200. The molecule has 0 spiro atoms. The van der Waals surface area contributed by atoms with E-state index in [2.05, 4.69) is 0 Å². The summed E-state index contributed by atoms with van der Waals surface area (Å²) in [5.41, 5.74) is 0.717. The maximum Gasteiger partial charge on any atom is 0.202 e. The molecule has 0 aliphatic heterocycles. The Kier molecular flexibility index (Phi) is 3.65. The number of hydrogen-bond acceptors (Lipinski definition) is 3. The largest absolute Gasteiger partial charge is 0.480 e. The Hall–Kier alpha value is -1.84. The van der Waals surface area contributed by atoms with E-state index in [4.69, 9.17) is 4.74 Å². The van der Waals surface area contributed by atoms with E-state index in [1.54, 1.807) is 24.3 Å². The maximum absolute atomic E-state index is 9.82. The normalized spacial score (nSPS) is 13.1. The van der Waals surface area contributed by atoms with Crippen molar-refractivity contribution in [2.75, 3.05) is 0 Å². The van der Waals surface area contributed by atoms with Gasteiger partial charge in [-0.3, -0.25) is 0 Å². The van der Waals surface area contributed by atoms with Crippen LogP contribution < -0.4 is 4.74 Å². The lowest BCUT2D eigenvalue weighted by Gasteiger charge is -2.28. The summed E-state index contributed by atoms with van der Waals surface area (Å²) in [5.74, 6) is -1.35. The first kappa shape index (κ1) is 12.6. The average Bonchev–Trinajstić information content (AvgIpc) is 2.37. The number of hydrogen-bond donors (Lipinski definition) is 2. The van der Waals surface area contributed by atoms with Gasteiger partial charge in [0.25, 0.3) is 0 Å². The summed E-state index contributed by atoms with van der Waals surface area (Å²) in [4.78, 5) is 0. The Balaban J connectivity index is 2.28. The molecule has 0 bridgehead atoms. The van der Waals surface area contributed by atoms with Gasteiger partial charge in [0.1, 0.15) is 5.75 Å². The zero-order chi connectivity index (χ0) is 13.0. The molecular formula is C15H16O3. The Morgan fingerprint density at radius 1 is 0.889 bits per heavy atom. The highest BCUT2D eigenvalue weighted by atomic mass is 16.6. The fourth-order valence-corrected chi connectivity index (χ4v) is 1.76. The molecule has 0 heterocycles. The van der Waals surface area contributed by atoms with Crippen molar-refractivity contribution >= 4 is 0 Å². The second kappa shape index (κ2) is 5.21. The van der Waals surface area contributed by atoms with Gasteiger partial charge in [-0.15, -0.1) is 0 Å². The minimum absolute atomic E-state index is 0.598. The van der Waals surface area contributed by atoms with E-state index in [1.807, 2.05) is 36.4 Å². The zero-order valence-corrected chi connectivity index (χ0v) is 10.2. The van der Waals surface area contributed by atoms with E-state index >= 15 is 0 Å². The first-order valence-electron chi connectivity index (χ1n) is 5.79. The summed E-state index contributed by atoms with van der Waals surface area (Å²) in [7, 11) is 0. The molecule has 94 valence electrons. The molecule has 18 heavy (non-hydrogen) atoms. The van der Waals surface area contributed by atoms with Gasteiger partial charge >= 0.3 is 0 Å². The molecule has 0 aliphatic carbocycles. The number of aliphatic hydroxyl groups is 2. The number of rotatable bonds is 4. The molecule has 0 fully saturated rings. The average molecular weight is 244 g/mol. The lowest BCUT2D eigenvalue weighted by molar-refractivity contribution is -0.206. The summed E-state index contributed by atoms with van der Waals surface area (Å²) in [6.07, 6.45) is -0.832. The van der Waals surface area contributed by atoms with Crippen molar-refractivity contribution in [3.63, 3.8) is 0 Å². The van der Waals surface area contributed by atoms with Crippen LogP contribution in [-0.2, 0) is 0 Å². The number of para-hydroxylation sites is 1. The van der Waals surface area contributed by atoms with Gasteiger partial charge in [-0.1, -0.05) is 48.5 Å². The molecule has 0 saturated carbocycles. The first-order chi connectivity index (χ1) is 8.57. The van der Waals surface area contributed by atoms with Crippen LogP contribution >= 0.6 is 0 Å². The fourth-order valence-electron chi connectivity index (χ4n) is 1.76. The Labute approximate surface area is 106 Å². The smallest absolute Gasteiger partial charge is 0.202 e. The van der Waals surface area contributed by atoms with Crippen molar-refractivity contribution in [3.05, 3.63) is 66.2 Å². The summed E-state index contributed by atoms with van der Waals surface area (Å²) < 4.78 is 5.66. The van der Waals surface area contributed by atoms with Crippen molar-refractivity contribution in [2.45, 2.75) is 18.8 Å². The molecule has 0 radical (unpaired) electrons. The molecule has 2 N–H and O–H groups in total. The third kappa shape index (κ3) is 3.09. The lowest BCUT2D eigenvalue weighted by atomic mass is 10.0. The van der Waals surface area contributed by atoms with E-state index in [-0.39, 0.29) is 0 Å². The molecule has 2 aromatic rings. The van der Waals surface area contributed by atoms with Crippen LogP contribution in [0.4, 0.5) is 0 Å². The first-order valence-corrected chi connectivity index (χ1v) is 5.79. The van der Waals surface area contributed by atoms with Crippen LogP contribution in [0.25, 0.3) is 0 Å². The van der Waals surface area contributed by atoms with Crippen molar-refractivity contribution < 1.29 is 14.9 Å². The number of benzene rings is 2. The van der Waals surface area contributed by atoms with Crippen molar-refractivity contribution in [1.29, 1.82) is 0 Å². The van der Waals surface area contributed by atoms with Crippen LogP contribution in [0.5, 0.6) is 5.75 Å². The monoisotopic (exact) mass is 244 g/mol. The molecule has 0 aliphatic rings. The number of ether oxygens (including phenoxy) is 1. The van der Waals surface area contributed by atoms with Crippen molar-refractivity contribution in [2.24, 2.45) is 0 Å². The summed E-state index contributed by atoms with van der Waals surface area (Å²) in [6, 6.07) is 18.3. The molecule has 0 saturated heterocycles. The second-order valence-corrected chi connectivity index (χ2v) is 4.32. The Morgan fingerprint density at radius 3 is 1.89 bits per heavy atom. The highest BCUT2D eigenvalue weighted by Crippen LogP contribution is 2.29. The lowest BCUT2D eigenvalue weighted by Crippen LogP contribution is -2.35. The van der Waals surface area contributed by atoms with Crippen LogP contribution in [-0.4, -0.2) is 16.0 Å². The minimum atomic E-state index is -1.95. The van der Waals surface area contributed by atoms with Gasteiger partial charge in [0.15, 0.2) is 6.10 Å². The highest BCUT2D eigenvalue weighted by molar-refractivity contribution is 5.25. The van der Waals surface area contributed by atoms with Gasteiger partial charge in [0, 0.05) is 0 Å². The van der Waals surface area contributed by atoms with Gasteiger partial charge in [-0.05, 0) is 24.6 Å². The highest BCUT2D eigenvalue weighted by Gasteiger charge is 2.32. The van der Waals surface area contributed by atoms with Gasteiger partial charge in [-0.25, -0.2) is 0 Å². The van der Waals surface area contributed by atoms with Crippen molar-refractivity contribution in [1.82, 2.24) is 0 Å². The van der Waals surface area contributed by atoms with Crippen LogP contribution in [0.2, 0.25) is 0 Å². The zero-order valence-electron chi connectivity index (χ0n) is 10.2. The predicted molar refractivity (Wildman–Crippen MR) is 69.1 cm³/mol. The predicted octanol–water partition coefficient (Wildman–Crippen LogP) is 2.51. The van der Waals surface area contributed by atoms with E-state index < -0.39 is 11.9 Å². The molecule has 0 amide bonds. The molecule has 0 aromatic heterocycles. The summed E-state index contributed by atoms with van der Waals surface area (Å²) in [6.45, 7) is 1.31. The molecule has 1 unspecified atom stereocenters. The molecule has 3 nitrogen and oxygen atoms in total. The topological polar surface area (TPSA) is 49.7 Å². The molecule has 1 atom stereocenters. The minimum Gasteiger partial charge on any atom is -0.480 e. The summed E-state index contributed by atoms with van der Waals surface area (Å²) in [5, 5.41) is 19.6. The molecule has 2 rings (SSSR count). The van der Waals surface area contributed by atoms with E-state index in [9.17, 15) is 10.2 Å². The second-order valence-electron chi connectivity index (χ2n) is 4.32. The molecule has 2 aromatic carbocycles. The van der Waals surface area contributed by atoms with Crippen LogP contribution in [0.1, 0.15) is 18.6 Å². The van der Waals surface area contributed by atoms with Gasteiger partial charge < -0.3 is 14.9 Å². The maximum atomic E-state index is 9.82. The van der Waals surface area contributed by atoms with Crippen LogP contribution in [0, 0.1) is 0 Å². The van der Waals surface area contributed by atoms with E-state index in [1.165, 1.54) is 6.92 Å². The van der Waals surface area contributed by atoms with Crippen LogP contribution in [0.3, 0.4) is 0 Å².